The van der Waals surface area contributed by atoms with E-state index in [0.717, 1.165) is 0 Å². The molecule has 0 amide bonds. The highest BCUT2D eigenvalue weighted by atomic mass is 79.9. The first-order valence-corrected chi connectivity index (χ1v) is 5.70. The van der Waals surface area contributed by atoms with E-state index in [2.05, 4.69) is 21.0 Å². The average molecular weight is 315 g/mol. The van der Waals surface area contributed by atoms with Crippen LogP contribution in [-0.2, 0) is 6.73 Å². The van der Waals surface area contributed by atoms with Crippen molar-refractivity contribution in [2.75, 3.05) is 0 Å². The molecule has 0 aliphatic heterocycles. The monoisotopic (exact) mass is 314 g/mol. The number of aromatic carboxylic acids is 1. The highest BCUT2D eigenvalue weighted by molar-refractivity contribution is 9.10. The van der Waals surface area contributed by atoms with Gasteiger partial charge in [-0.25, -0.2) is 13.9 Å². The lowest BCUT2D eigenvalue weighted by atomic mass is 10.3. The highest BCUT2D eigenvalue weighted by Crippen LogP contribution is 2.21. The maximum absolute atomic E-state index is 13.4. The van der Waals surface area contributed by atoms with E-state index < -0.39 is 11.8 Å². The van der Waals surface area contributed by atoms with Gasteiger partial charge in [0.05, 0.1) is 0 Å². The Balaban J connectivity index is 2.04. The summed E-state index contributed by atoms with van der Waals surface area (Å²) in [6.45, 7) is -0.0637. The molecule has 0 unspecified atom stereocenters. The van der Waals surface area contributed by atoms with Gasteiger partial charge < -0.3 is 9.84 Å². The van der Waals surface area contributed by atoms with E-state index in [1.54, 1.807) is 6.07 Å². The predicted octanol–water partition coefficient (Wildman–Crippen LogP) is 2.52. The largest absolute Gasteiger partial charge is 0.476 e. The first-order valence-electron chi connectivity index (χ1n) is 4.91. The van der Waals surface area contributed by atoms with Crippen molar-refractivity contribution in [3.05, 3.63) is 46.4 Å². The Morgan fingerprint density at radius 2 is 2.28 bits per heavy atom. The van der Waals surface area contributed by atoms with Crippen molar-refractivity contribution < 1.29 is 19.0 Å². The Labute approximate surface area is 110 Å². The van der Waals surface area contributed by atoms with Crippen molar-refractivity contribution in [1.82, 2.24) is 9.78 Å². The molecule has 1 N–H and O–H groups in total. The molecule has 5 nitrogen and oxygen atoms in total. The van der Waals surface area contributed by atoms with Crippen LogP contribution in [0.2, 0.25) is 0 Å². The Morgan fingerprint density at radius 1 is 1.50 bits per heavy atom. The summed E-state index contributed by atoms with van der Waals surface area (Å²) in [6.07, 6.45) is 1.44. The number of rotatable bonds is 4. The summed E-state index contributed by atoms with van der Waals surface area (Å²) in [5.74, 6) is -1.55. The normalized spacial score (nSPS) is 10.3. The molecule has 0 aliphatic rings. The Morgan fingerprint density at radius 3 is 2.89 bits per heavy atom. The zero-order chi connectivity index (χ0) is 13.1. The number of aromatic nitrogens is 2. The maximum Gasteiger partial charge on any atom is 0.356 e. The van der Waals surface area contributed by atoms with E-state index in [0.29, 0.717) is 4.47 Å². The second kappa shape index (κ2) is 5.18. The standard InChI is InChI=1S/C11H8BrFN2O3/c12-7-1-2-10(8(13)5-7)18-6-15-4-3-9(14-15)11(16)17/h1-5H,6H2,(H,16,17). The van der Waals surface area contributed by atoms with Crippen LogP contribution in [-0.4, -0.2) is 20.9 Å². The molecule has 2 rings (SSSR count). The molecule has 0 fully saturated rings. The number of carboxylic acid groups (broad SMARTS) is 1. The molecule has 7 heteroatoms. The molecule has 0 spiro atoms. The van der Waals surface area contributed by atoms with Gasteiger partial charge in [0, 0.05) is 10.7 Å². The average Bonchev–Trinajstić information content (AvgIpc) is 2.76. The highest BCUT2D eigenvalue weighted by Gasteiger charge is 2.08. The molecule has 2 aromatic rings. The summed E-state index contributed by atoms with van der Waals surface area (Å²) < 4.78 is 20.5. The fourth-order valence-corrected chi connectivity index (χ4v) is 1.61. The van der Waals surface area contributed by atoms with Crippen molar-refractivity contribution in [2.24, 2.45) is 0 Å². The van der Waals surface area contributed by atoms with Crippen LogP contribution in [0.5, 0.6) is 5.75 Å². The number of benzene rings is 1. The summed E-state index contributed by atoms with van der Waals surface area (Å²) in [5, 5.41) is 12.4. The predicted molar refractivity (Wildman–Crippen MR) is 63.9 cm³/mol. The van der Waals surface area contributed by atoms with Crippen LogP contribution in [0.25, 0.3) is 0 Å². The second-order valence-corrected chi connectivity index (χ2v) is 4.31. The zero-order valence-corrected chi connectivity index (χ0v) is 10.6. The molecule has 18 heavy (non-hydrogen) atoms. The van der Waals surface area contributed by atoms with Gasteiger partial charge in [-0.05, 0) is 24.3 Å². The van der Waals surface area contributed by atoms with E-state index in [9.17, 15) is 9.18 Å². The fraction of sp³-hybridized carbons (Fsp3) is 0.0909. The topological polar surface area (TPSA) is 64.3 Å². The summed E-state index contributed by atoms with van der Waals surface area (Å²) in [5.41, 5.74) is -0.0881. The van der Waals surface area contributed by atoms with Gasteiger partial charge in [-0.2, -0.15) is 5.10 Å². The van der Waals surface area contributed by atoms with Gasteiger partial charge in [-0.15, -0.1) is 0 Å². The van der Waals surface area contributed by atoms with Gasteiger partial charge >= 0.3 is 5.97 Å². The molecule has 1 aromatic heterocycles. The summed E-state index contributed by atoms with van der Waals surface area (Å²) >= 11 is 3.13. The smallest absolute Gasteiger partial charge is 0.356 e. The van der Waals surface area contributed by atoms with Crippen molar-refractivity contribution in [1.29, 1.82) is 0 Å². The van der Waals surface area contributed by atoms with Crippen molar-refractivity contribution in [3.8, 4) is 5.75 Å². The number of ether oxygens (including phenoxy) is 1. The number of nitrogens with zero attached hydrogens (tertiary/aromatic N) is 2. The minimum atomic E-state index is -1.12. The first kappa shape index (κ1) is 12.6. The van der Waals surface area contributed by atoms with Crippen molar-refractivity contribution >= 4 is 21.9 Å². The lowest BCUT2D eigenvalue weighted by Crippen LogP contribution is -2.08. The number of hydrogen-bond donors (Lipinski definition) is 1. The molecule has 0 aliphatic carbocycles. The summed E-state index contributed by atoms with van der Waals surface area (Å²) in [4.78, 5) is 10.6. The van der Waals surface area contributed by atoms with Gasteiger partial charge in [-0.3, -0.25) is 0 Å². The third kappa shape index (κ3) is 2.86. The van der Waals surface area contributed by atoms with Gasteiger partial charge in [-0.1, -0.05) is 15.9 Å². The molecule has 1 aromatic carbocycles. The molecule has 0 saturated heterocycles. The van der Waals surface area contributed by atoms with Crippen LogP contribution in [0, 0.1) is 5.82 Å². The van der Waals surface area contributed by atoms with Crippen molar-refractivity contribution in [3.63, 3.8) is 0 Å². The van der Waals surface area contributed by atoms with E-state index in [1.807, 2.05) is 0 Å². The molecule has 0 radical (unpaired) electrons. The Kier molecular flexibility index (Phi) is 3.61. The van der Waals surface area contributed by atoms with Gasteiger partial charge in [0.25, 0.3) is 0 Å². The van der Waals surface area contributed by atoms with Crippen LogP contribution in [0.3, 0.4) is 0 Å². The lowest BCUT2D eigenvalue weighted by Gasteiger charge is -2.07. The number of hydrogen-bond acceptors (Lipinski definition) is 3. The molecular formula is C11H8BrFN2O3. The second-order valence-electron chi connectivity index (χ2n) is 3.39. The molecule has 0 saturated carbocycles. The van der Waals surface area contributed by atoms with E-state index in [4.69, 9.17) is 9.84 Å². The Bertz CT molecular complexity index is 585. The fourth-order valence-electron chi connectivity index (χ4n) is 1.28. The third-order valence-corrected chi connectivity index (χ3v) is 2.60. The van der Waals surface area contributed by atoms with Crippen LogP contribution in [0.1, 0.15) is 10.5 Å². The molecule has 94 valence electrons. The molecule has 0 atom stereocenters. The SMILES string of the molecule is O=C(O)c1ccn(COc2ccc(Br)cc2F)n1. The van der Waals surface area contributed by atoms with Crippen LogP contribution in [0.15, 0.2) is 34.9 Å². The van der Waals surface area contributed by atoms with E-state index >= 15 is 0 Å². The van der Waals surface area contributed by atoms with Crippen LogP contribution in [0.4, 0.5) is 4.39 Å². The number of carbonyl (C=O) groups is 1. The first-order chi connectivity index (χ1) is 8.56. The maximum atomic E-state index is 13.4. The molecular weight excluding hydrogens is 307 g/mol. The van der Waals surface area contributed by atoms with E-state index in [-0.39, 0.29) is 18.2 Å². The quantitative estimate of drug-likeness (QED) is 0.941. The number of halogens is 2. The zero-order valence-electron chi connectivity index (χ0n) is 9.01. The number of carboxylic acids is 1. The third-order valence-electron chi connectivity index (χ3n) is 2.11. The Hall–Kier alpha value is -1.89. The van der Waals surface area contributed by atoms with Crippen LogP contribution < -0.4 is 4.74 Å². The minimum absolute atomic E-state index is 0.0637. The molecule has 0 bridgehead atoms. The summed E-state index contributed by atoms with van der Waals surface area (Å²) in [7, 11) is 0. The minimum Gasteiger partial charge on any atom is -0.476 e. The van der Waals surface area contributed by atoms with Gasteiger partial charge in [0.2, 0.25) is 0 Å². The van der Waals surface area contributed by atoms with Crippen molar-refractivity contribution in [2.45, 2.75) is 6.73 Å². The van der Waals surface area contributed by atoms with Crippen LogP contribution >= 0.6 is 15.9 Å². The van der Waals surface area contributed by atoms with E-state index in [1.165, 1.54) is 29.1 Å². The molecule has 1 heterocycles. The van der Waals surface area contributed by atoms with Gasteiger partial charge in [0.1, 0.15) is 0 Å². The van der Waals surface area contributed by atoms with Gasteiger partial charge in [0.15, 0.2) is 24.0 Å². The summed E-state index contributed by atoms with van der Waals surface area (Å²) in [6, 6.07) is 5.73. The lowest BCUT2D eigenvalue weighted by molar-refractivity contribution is 0.0688.